The molecule has 0 bridgehead atoms. The molecule has 3 aromatic rings. The average molecular weight is 376 g/mol. The Morgan fingerprint density at radius 2 is 1.28 bits per heavy atom. The molecule has 3 aromatic carbocycles. The number of Topliss-reactive ketones (excluding diaryl/α,β-unsaturated/α-hetero) is 1. The van der Waals surface area contributed by atoms with Crippen molar-refractivity contribution in [3.8, 4) is 0 Å². The molecule has 0 radical (unpaired) electrons. The van der Waals surface area contributed by atoms with Crippen molar-refractivity contribution in [2.24, 2.45) is 0 Å². The molecule has 0 atom stereocenters. The van der Waals surface area contributed by atoms with Crippen molar-refractivity contribution in [2.45, 2.75) is 19.3 Å². The highest BCUT2D eigenvalue weighted by Crippen LogP contribution is 2.36. The second-order valence-corrected chi connectivity index (χ2v) is 7.39. The van der Waals surface area contributed by atoms with Crippen LogP contribution in [0.1, 0.15) is 40.7 Å². The lowest BCUT2D eigenvalue weighted by molar-refractivity contribution is 0.103. The van der Waals surface area contributed by atoms with Gasteiger partial charge in [-0.15, -0.1) is 0 Å². The van der Waals surface area contributed by atoms with Gasteiger partial charge in [0, 0.05) is 23.5 Å². The molecule has 0 spiro atoms. The summed E-state index contributed by atoms with van der Waals surface area (Å²) in [6.45, 7) is 2.19. The van der Waals surface area contributed by atoms with E-state index in [1.165, 1.54) is 22.3 Å². The lowest BCUT2D eigenvalue weighted by atomic mass is 9.80. The van der Waals surface area contributed by atoms with Crippen LogP contribution in [0.25, 0.3) is 0 Å². The van der Waals surface area contributed by atoms with E-state index in [2.05, 4.69) is 61.5 Å². The van der Waals surface area contributed by atoms with Crippen LogP contribution in [-0.2, 0) is 0 Å². The zero-order chi connectivity index (χ0) is 20.1. The molecule has 142 valence electrons. The van der Waals surface area contributed by atoms with Crippen molar-refractivity contribution in [3.63, 3.8) is 0 Å². The highest BCUT2D eigenvalue weighted by Gasteiger charge is 2.21. The molecule has 0 fully saturated rings. The molecule has 4 rings (SSSR count). The number of carbonyl (C=O) groups excluding carboxylic acids is 1. The van der Waals surface area contributed by atoms with Gasteiger partial charge in [0.1, 0.15) is 0 Å². The maximum atomic E-state index is 13.0. The summed E-state index contributed by atoms with van der Waals surface area (Å²) >= 11 is 0. The van der Waals surface area contributed by atoms with E-state index in [0.717, 1.165) is 11.1 Å². The third-order valence-corrected chi connectivity index (χ3v) is 5.51. The number of hydrogen-bond donors (Lipinski definition) is 0. The summed E-state index contributed by atoms with van der Waals surface area (Å²) in [5.41, 5.74) is 6.61. The Balaban J connectivity index is 1.70. The van der Waals surface area contributed by atoms with E-state index in [-0.39, 0.29) is 11.7 Å². The fourth-order valence-electron chi connectivity index (χ4n) is 3.97. The van der Waals surface area contributed by atoms with Gasteiger partial charge in [-0.1, -0.05) is 115 Å². The van der Waals surface area contributed by atoms with Crippen LogP contribution in [0.5, 0.6) is 0 Å². The summed E-state index contributed by atoms with van der Waals surface area (Å²) in [5, 5.41) is 0. The molecule has 1 heteroatoms. The van der Waals surface area contributed by atoms with E-state index in [4.69, 9.17) is 0 Å². The Labute approximate surface area is 172 Å². The smallest absolute Gasteiger partial charge is 0.189 e. The first-order valence-electron chi connectivity index (χ1n) is 10.0. The lowest BCUT2D eigenvalue weighted by Gasteiger charge is -2.23. The summed E-state index contributed by atoms with van der Waals surface area (Å²) in [6, 6.07) is 30.7. The maximum Gasteiger partial charge on any atom is 0.189 e. The van der Waals surface area contributed by atoms with Gasteiger partial charge in [0.2, 0.25) is 0 Å². The van der Waals surface area contributed by atoms with E-state index >= 15 is 0 Å². The van der Waals surface area contributed by atoms with E-state index in [1.54, 1.807) is 0 Å². The monoisotopic (exact) mass is 376 g/mol. The summed E-state index contributed by atoms with van der Waals surface area (Å²) in [5.74, 6) is 0.277. The minimum atomic E-state index is 0.108. The summed E-state index contributed by atoms with van der Waals surface area (Å²) in [6.07, 6.45) is 6.76. The summed E-state index contributed by atoms with van der Waals surface area (Å²) < 4.78 is 0. The number of ketones is 1. The Hall–Kier alpha value is -3.45. The SMILES string of the molecule is CC(=C1C=CC=C(C(=O)c2ccccc2)C1)C(c1ccccc1)c1ccccc1. The normalized spacial score (nSPS) is 15.2. The number of carbonyl (C=O) groups is 1. The van der Waals surface area contributed by atoms with Gasteiger partial charge in [0.15, 0.2) is 5.78 Å². The van der Waals surface area contributed by atoms with Gasteiger partial charge in [0.25, 0.3) is 0 Å². The van der Waals surface area contributed by atoms with Gasteiger partial charge in [-0.05, 0) is 23.6 Å². The summed E-state index contributed by atoms with van der Waals surface area (Å²) in [4.78, 5) is 13.0. The zero-order valence-electron chi connectivity index (χ0n) is 16.6. The van der Waals surface area contributed by atoms with Crippen molar-refractivity contribution in [2.75, 3.05) is 0 Å². The van der Waals surface area contributed by atoms with Crippen LogP contribution < -0.4 is 0 Å². The third kappa shape index (κ3) is 4.20. The van der Waals surface area contributed by atoms with Crippen LogP contribution in [-0.4, -0.2) is 5.78 Å². The van der Waals surface area contributed by atoms with Gasteiger partial charge in [0.05, 0.1) is 0 Å². The zero-order valence-corrected chi connectivity index (χ0v) is 16.6. The topological polar surface area (TPSA) is 17.1 Å². The van der Waals surface area contributed by atoms with Crippen molar-refractivity contribution in [1.82, 2.24) is 0 Å². The van der Waals surface area contributed by atoms with Crippen LogP contribution in [0.2, 0.25) is 0 Å². The fourth-order valence-corrected chi connectivity index (χ4v) is 3.97. The first kappa shape index (κ1) is 18.9. The first-order valence-corrected chi connectivity index (χ1v) is 10.0. The van der Waals surface area contributed by atoms with Crippen molar-refractivity contribution in [3.05, 3.63) is 143 Å². The van der Waals surface area contributed by atoms with E-state index in [9.17, 15) is 4.79 Å². The van der Waals surface area contributed by atoms with Crippen molar-refractivity contribution >= 4 is 5.78 Å². The Morgan fingerprint density at radius 1 is 0.759 bits per heavy atom. The minimum Gasteiger partial charge on any atom is -0.289 e. The second kappa shape index (κ2) is 8.70. The molecule has 0 saturated carbocycles. The lowest BCUT2D eigenvalue weighted by Crippen LogP contribution is -2.10. The van der Waals surface area contributed by atoms with E-state index in [0.29, 0.717) is 6.42 Å². The molecule has 1 nitrogen and oxygen atoms in total. The largest absolute Gasteiger partial charge is 0.289 e. The fraction of sp³-hybridized carbons (Fsp3) is 0.107. The molecule has 0 amide bonds. The van der Waals surface area contributed by atoms with Gasteiger partial charge in [-0.25, -0.2) is 0 Å². The quantitative estimate of drug-likeness (QED) is 0.442. The standard InChI is InChI=1S/C28H24O/c1-21(27(22-12-5-2-6-13-22)23-14-7-3-8-15-23)25-18-11-19-26(20-25)28(29)24-16-9-4-10-17-24/h2-19,27H,20H2,1H3. The highest BCUT2D eigenvalue weighted by molar-refractivity contribution is 6.09. The first-order chi connectivity index (χ1) is 14.2. The molecule has 29 heavy (non-hydrogen) atoms. The van der Waals surface area contributed by atoms with Gasteiger partial charge >= 0.3 is 0 Å². The Kier molecular flexibility index (Phi) is 5.67. The predicted molar refractivity (Wildman–Crippen MR) is 120 cm³/mol. The molecule has 0 N–H and O–H groups in total. The van der Waals surface area contributed by atoms with Crippen LogP contribution in [0.15, 0.2) is 126 Å². The number of rotatable bonds is 5. The van der Waals surface area contributed by atoms with E-state index in [1.807, 2.05) is 54.6 Å². The molecule has 0 aromatic heterocycles. The van der Waals surface area contributed by atoms with Crippen LogP contribution in [0, 0.1) is 0 Å². The highest BCUT2D eigenvalue weighted by atomic mass is 16.1. The van der Waals surface area contributed by atoms with Crippen LogP contribution in [0.4, 0.5) is 0 Å². The molecule has 1 aliphatic carbocycles. The molecule has 0 aliphatic heterocycles. The molecular weight excluding hydrogens is 352 g/mol. The molecule has 0 unspecified atom stereocenters. The van der Waals surface area contributed by atoms with Gasteiger partial charge < -0.3 is 0 Å². The van der Waals surface area contributed by atoms with Crippen molar-refractivity contribution in [1.29, 1.82) is 0 Å². The average Bonchev–Trinajstić information content (AvgIpc) is 2.81. The second-order valence-electron chi connectivity index (χ2n) is 7.39. The van der Waals surface area contributed by atoms with Gasteiger partial charge in [-0.3, -0.25) is 4.79 Å². The van der Waals surface area contributed by atoms with E-state index < -0.39 is 0 Å². The molecular formula is C28H24O. The van der Waals surface area contributed by atoms with Crippen molar-refractivity contribution < 1.29 is 4.79 Å². The number of allylic oxidation sites excluding steroid dienone is 6. The Bertz CT molecular complexity index is 1030. The number of hydrogen-bond acceptors (Lipinski definition) is 1. The summed E-state index contributed by atoms with van der Waals surface area (Å²) in [7, 11) is 0. The molecule has 0 heterocycles. The van der Waals surface area contributed by atoms with Crippen LogP contribution in [0.3, 0.4) is 0 Å². The number of benzene rings is 3. The molecule has 1 aliphatic rings. The minimum absolute atomic E-state index is 0.108. The van der Waals surface area contributed by atoms with Crippen LogP contribution >= 0.6 is 0 Å². The maximum absolute atomic E-state index is 13.0. The molecule has 0 saturated heterocycles. The predicted octanol–water partition coefficient (Wildman–Crippen LogP) is 6.90. The Morgan fingerprint density at radius 3 is 1.83 bits per heavy atom. The third-order valence-electron chi connectivity index (χ3n) is 5.51. The van der Waals surface area contributed by atoms with Gasteiger partial charge in [-0.2, -0.15) is 0 Å².